The van der Waals surface area contributed by atoms with Crippen LogP contribution in [0.25, 0.3) is 11.1 Å². The first-order valence-electron chi connectivity index (χ1n) is 14.0. The molecule has 1 saturated heterocycles. The van der Waals surface area contributed by atoms with E-state index in [1.807, 2.05) is 59.5 Å². The van der Waals surface area contributed by atoms with E-state index in [9.17, 15) is 9.59 Å². The molecule has 4 aromatic carbocycles. The predicted molar refractivity (Wildman–Crippen MR) is 160 cm³/mol. The van der Waals surface area contributed by atoms with E-state index in [1.165, 1.54) is 24.8 Å². The van der Waals surface area contributed by atoms with Gasteiger partial charge in [-0.15, -0.1) is 0 Å². The van der Waals surface area contributed by atoms with Crippen LogP contribution in [-0.4, -0.2) is 35.3 Å². The number of para-hydroxylation sites is 1. The van der Waals surface area contributed by atoms with Crippen LogP contribution in [0.3, 0.4) is 0 Å². The first-order chi connectivity index (χ1) is 19.6. The van der Waals surface area contributed by atoms with Crippen LogP contribution >= 0.6 is 11.6 Å². The number of piperidine rings is 1. The lowest BCUT2D eigenvalue weighted by atomic mass is 9.98. The lowest BCUT2D eigenvalue weighted by molar-refractivity contribution is 0.0961. The van der Waals surface area contributed by atoms with E-state index in [0.29, 0.717) is 46.4 Å². The van der Waals surface area contributed by atoms with E-state index in [0.717, 1.165) is 23.4 Å². The highest BCUT2D eigenvalue weighted by Gasteiger charge is 2.48. The number of hydrogen-bond donors (Lipinski definition) is 1. The first kappa shape index (κ1) is 25.1. The van der Waals surface area contributed by atoms with Gasteiger partial charge in [-0.05, 0) is 72.2 Å². The summed E-state index contributed by atoms with van der Waals surface area (Å²) in [6, 6.07) is 31.8. The molecule has 0 spiro atoms. The molecule has 2 heterocycles. The number of amides is 2. The van der Waals surface area contributed by atoms with Crippen molar-refractivity contribution in [2.24, 2.45) is 5.92 Å². The molecule has 2 aliphatic heterocycles. The second-order valence-electron chi connectivity index (χ2n) is 11.1. The largest absolute Gasteiger partial charge is 0.321 e. The molecule has 0 aromatic heterocycles. The van der Waals surface area contributed by atoms with E-state index in [-0.39, 0.29) is 11.8 Å². The predicted octanol–water partition coefficient (Wildman–Crippen LogP) is 7.27. The lowest BCUT2D eigenvalue weighted by Crippen LogP contribution is -2.46. The molecule has 7 rings (SSSR count). The second-order valence-corrected chi connectivity index (χ2v) is 11.5. The van der Waals surface area contributed by atoms with Crippen molar-refractivity contribution in [3.63, 3.8) is 0 Å². The number of anilines is 2. The molecule has 2 fully saturated rings. The normalized spacial score (nSPS) is 21.4. The summed E-state index contributed by atoms with van der Waals surface area (Å²) in [7, 11) is 0. The molecule has 40 heavy (non-hydrogen) atoms. The summed E-state index contributed by atoms with van der Waals surface area (Å²) in [6.07, 6.45) is 3.75. The number of hydrogen-bond acceptors (Lipinski definition) is 3. The van der Waals surface area contributed by atoms with Gasteiger partial charge in [0.2, 0.25) is 0 Å². The van der Waals surface area contributed by atoms with Crippen molar-refractivity contribution in [1.82, 2.24) is 4.90 Å². The average Bonchev–Trinajstić information content (AvgIpc) is 3.54. The molecule has 2 amide bonds. The number of carbonyl (C=O) groups is 2. The van der Waals surface area contributed by atoms with Crippen LogP contribution in [0.15, 0.2) is 97.1 Å². The Labute approximate surface area is 239 Å². The fourth-order valence-electron chi connectivity index (χ4n) is 6.91. The van der Waals surface area contributed by atoms with E-state index < -0.39 is 0 Å². The fraction of sp³-hybridized carbons (Fsp3) is 0.235. The van der Waals surface area contributed by atoms with Crippen molar-refractivity contribution >= 4 is 34.8 Å². The minimum absolute atomic E-state index is 0.0636. The van der Waals surface area contributed by atoms with Crippen molar-refractivity contribution in [3.8, 4) is 11.1 Å². The van der Waals surface area contributed by atoms with Gasteiger partial charge in [0.15, 0.2) is 0 Å². The van der Waals surface area contributed by atoms with Crippen LogP contribution in [0.5, 0.6) is 0 Å². The lowest BCUT2D eigenvalue weighted by Gasteiger charge is -2.35. The SMILES string of the molecule is O=C(Nc1ccc(C(=O)N2CC3C4CCC(C4)N3Cc3ccccc32)cc1Cl)c1ccccc1-c1ccccc1. The number of carbonyl (C=O) groups excluding carboxylic acids is 2. The molecule has 200 valence electrons. The summed E-state index contributed by atoms with van der Waals surface area (Å²) >= 11 is 6.68. The number of halogens is 1. The van der Waals surface area contributed by atoms with Crippen LogP contribution in [-0.2, 0) is 6.54 Å². The zero-order valence-corrected chi connectivity index (χ0v) is 22.9. The Hall–Kier alpha value is -3.93. The van der Waals surface area contributed by atoms with E-state index in [1.54, 1.807) is 24.3 Å². The molecule has 2 bridgehead atoms. The van der Waals surface area contributed by atoms with Crippen molar-refractivity contribution in [1.29, 1.82) is 0 Å². The molecule has 3 aliphatic rings. The van der Waals surface area contributed by atoms with Crippen molar-refractivity contribution in [2.45, 2.75) is 37.9 Å². The van der Waals surface area contributed by atoms with Crippen molar-refractivity contribution < 1.29 is 9.59 Å². The zero-order valence-electron chi connectivity index (χ0n) is 22.1. The third-order valence-corrected chi connectivity index (χ3v) is 9.17. The maximum atomic E-state index is 14.0. The van der Waals surface area contributed by atoms with Gasteiger partial charge < -0.3 is 10.2 Å². The van der Waals surface area contributed by atoms with Gasteiger partial charge >= 0.3 is 0 Å². The van der Waals surface area contributed by atoms with E-state index >= 15 is 0 Å². The molecule has 1 aliphatic carbocycles. The molecular weight excluding hydrogens is 518 g/mol. The highest BCUT2D eigenvalue weighted by atomic mass is 35.5. The Bertz CT molecular complexity index is 1600. The summed E-state index contributed by atoms with van der Waals surface area (Å²) in [5.74, 6) is 0.332. The standard InChI is InChI=1S/C34H30ClN3O2/c35-29-19-24(15-17-30(29)36-33(39)28-12-6-5-11-27(28)22-8-2-1-3-9-22)34(40)38-21-32-23-14-16-26(18-23)37(32)20-25-10-4-7-13-31(25)38/h1-13,15,17,19,23,26,32H,14,16,18,20-21H2,(H,36,39). The van der Waals surface area contributed by atoms with Gasteiger partial charge in [0.25, 0.3) is 11.8 Å². The minimum atomic E-state index is -0.252. The number of benzene rings is 4. The highest BCUT2D eigenvalue weighted by Crippen LogP contribution is 2.46. The van der Waals surface area contributed by atoms with E-state index in [2.05, 4.69) is 28.4 Å². The molecule has 1 N–H and O–H groups in total. The molecule has 1 saturated carbocycles. The maximum Gasteiger partial charge on any atom is 0.258 e. The monoisotopic (exact) mass is 547 g/mol. The van der Waals surface area contributed by atoms with Gasteiger partial charge in [-0.1, -0.05) is 78.3 Å². The Morgan fingerprint density at radius 3 is 2.48 bits per heavy atom. The number of nitrogens with one attached hydrogen (secondary N) is 1. The van der Waals surface area contributed by atoms with Crippen LogP contribution in [0.4, 0.5) is 11.4 Å². The van der Waals surface area contributed by atoms with E-state index in [4.69, 9.17) is 11.6 Å². The third-order valence-electron chi connectivity index (χ3n) is 8.86. The maximum absolute atomic E-state index is 14.0. The summed E-state index contributed by atoms with van der Waals surface area (Å²) in [4.78, 5) is 31.9. The Morgan fingerprint density at radius 1 is 0.850 bits per heavy atom. The number of fused-ring (bicyclic) bond motifs is 6. The molecule has 4 aromatic rings. The van der Waals surface area contributed by atoms with Gasteiger partial charge in [0, 0.05) is 42.0 Å². The third kappa shape index (κ3) is 4.40. The summed E-state index contributed by atoms with van der Waals surface area (Å²) in [6.45, 7) is 1.57. The van der Waals surface area contributed by atoms with Crippen LogP contribution in [0, 0.1) is 5.92 Å². The Kier molecular flexibility index (Phi) is 6.41. The topological polar surface area (TPSA) is 52.7 Å². The van der Waals surface area contributed by atoms with Gasteiger partial charge in [0.05, 0.1) is 10.7 Å². The summed E-state index contributed by atoms with van der Waals surface area (Å²) in [5, 5.41) is 3.29. The van der Waals surface area contributed by atoms with Gasteiger partial charge in [-0.2, -0.15) is 0 Å². The molecule has 3 atom stereocenters. The van der Waals surface area contributed by atoms with Crippen molar-refractivity contribution in [2.75, 3.05) is 16.8 Å². The number of rotatable bonds is 4. The van der Waals surface area contributed by atoms with Gasteiger partial charge in [0.1, 0.15) is 0 Å². The van der Waals surface area contributed by atoms with Crippen LogP contribution < -0.4 is 10.2 Å². The molecule has 3 unspecified atom stereocenters. The Morgan fingerprint density at radius 2 is 1.62 bits per heavy atom. The van der Waals surface area contributed by atoms with Gasteiger partial charge in [-0.3, -0.25) is 14.5 Å². The average molecular weight is 548 g/mol. The quantitative estimate of drug-likeness (QED) is 0.292. The van der Waals surface area contributed by atoms with Crippen molar-refractivity contribution in [3.05, 3.63) is 119 Å². The Balaban J connectivity index is 1.15. The summed E-state index contributed by atoms with van der Waals surface area (Å²) in [5.41, 5.74) is 5.53. The van der Waals surface area contributed by atoms with Gasteiger partial charge in [-0.25, -0.2) is 0 Å². The molecule has 6 heteroatoms. The molecular formula is C34H30ClN3O2. The fourth-order valence-corrected chi connectivity index (χ4v) is 7.14. The molecule has 5 nitrogen and oxygen atoms in total. The van der Waals surface area contributed by atoms with Crippen LogP contribution in [0.1, 0.15) is 45.5 Å². The highest BCUT2D eigenvalue weighted by molar-refractivity contribution is 6.34. The minimum Gasteiger partial charge on any atom is -0.321 e. The zero-order chi connectivity index (χ0) is 27.2. The second kappa shape index (κ2) is 10.2. The first-order valence-corrected chi connectivity index (χ1v) is 14.4. The van der Waals surface area contributed by atoms with Crippen LogP contribution in [0.2, 0.25) is 5.02 Å². The number of nitrogens with zero attached hydrogens (tertiary/aromatic N) is 2. The molecule has 0 radical (unpaired) electrons. The smallest absolute Gasteiger partial charge is 0.258 e. The summed E-state index contributed by atoms with van der Waals surface area (Å²) < 4.78 is 0.